The molecule has 1 aromatic heterocycles. The fraction of sp³-hybridized carbons (Fsp3) is 0.300. The molecule has 18 heavy (non-hydrogen) atoms. The second kappa shape index (κ2) is 4.85. The van der Waals surface area contributed by atoms with Gasteiger partial charge in [-0.1, -0.05) is 0 Å². The molecule has 1 heterocycles. The van der Waals surface area contributed by atoms with Crippen LogP contribution in [0.15, 0.2) is 16.6 Å². The third kappa shape index (κ3) is 3.20. The summed E-state index contributed by atoms with van der Waals surface area (Å²) in [5, 5.41) is 0. The SMILES string of the molecule is Fc1cc2[nH]c(COCC(F)(F)F)nc2cc1Br. The number of fused-ring (bicyclic) bond motifs is 1. The number of nitrogens with zero attached hydrogens (tertiary/aromatic N) is 1. The van der Waals surface area contributed by atoms with Crippen LogP contribution < -0.4 is 0 Å². The van der Waals surface area contributed by atoms with Gasteiger partial charge in [0.15, 0.2) is 0 Å². The highest BCUT2D eigenvalue weighted by Gasteiger charge is 2.27. The van der Waals surface area contributed by atoms with E-state index in [1.807, 2.05) is 0 Å². The maximum atomic E-state index is 13.2. The van der Waals surface area contributed by atoms with Gasteiger partial charge in [0, 0.05) is 6.07 Å². The maximum Gasteiger partial charge on any atom is 0.411 e. The lowest BCUT2D eigenvalue weighted by Crippen LogP contribution is -2.16. The number of H-pyrrole nitrogens is 1. The van der Waals surface area contributed by atoms with Gasteiger partial charge in [-0.15, -0.1) is 0 Å². The number of ether oxygens (including phenoxy) is 1. The van der Waals surface area contributed by atoms with Crippen LogP contribution in [0.3, 0.4) is 0 Å². The van der Waals surface area contributed by atoms with Gasteiger partial charge in [-0.05, 0) is 22.0 Å². The predicted molar refractivity (Wildman–Crippen MR) is 59.5 cm³/mol. The normalized spacial score (nSPS) is 12.3. The number of aromatic nitrogens is 2. The van der Waals surface area contributed by atoms with E-state index in [4.69, 9.17) is 0 Å². The van der Waals surface area contributed by atoms with Gasteiger partial charge in [0.25, 0.3) is 0 Å². The molecule has 0 bridgehead atoms. The second-order valence-electron chi connectivity index (χ2n) is 3.57. The summed E-state index contributed by atoms with van der Waals surface area (Å²) in [5.74, 6) is -0.263. The summed E-state index contributed by atoms with van der Waals surface area (Å²) in [6, 6.07) is 2.65. The van der Waals surface area contributed by atoms with E-state index < -0.39 is 18.6 Å². The van der Waals surface area contributed by atoms with E-state index in [2.05, 4.69) is 30.6 Å². The third-order valence-electron chi connectivity index (χ3n) is 2.08. The number of nitrogens with one attached hydrogen (secondary N) is 1. The van der Waals surface area contributed by atoms with Crippen LogP contribution in [-0.4, -0.2) is 22.8 Å². The predicted octanol–water partition coefficient (Wildman–Crippen LogP) is 3.54. The van der Waals surface area contributed by atoms with Crippen LogP contribution in [0.5, 0.6) is 0 Å². The van der Waals surface area contributed by atoms with Crippen molar-refractivity contribution in [3.8, 4) is 0 Å². The number of aromatic amines is 1. The van der Waals surface area contributed by atoms with E-state index in [9.17, 15) is 17.6 Å². The molecule has 0 atom stereocenters. The molecule has 0 amide bonds. The second-order valence-corrected chi connectivity index (χ2v) is 4.43. The zero-order chi connectivity index (χ0) is 13.3. The Hall–Kier alpha value is -1.15. The molecule has 2 aromatic rings. The smallest absolute Gasteiger partial charge is 0.364 e. The quantitative estimate of drug-likeness (QED) is 0.876. The van der Waals surface area contributed by atoms with E-state index in [0.717, 1.165) is 0 Å². The van der Waals surface area contributed by atoms with Crippen molar-refractivity contribution in [2.75, 3.05) is 6.61 Å². The van der Waals surface area contributed by atoms with Crippen LogP contribution in [0, 0.1) is 5.82 Å². The highest BCUT2D eigenvalue weighted by atomic mass is 79.9. The molecule has 98 valence electrons. The Morgan fingerprint density at radius 2 is 2.06 bits per heavy atom. The first-order valence-corrected chi connectivity index (χ1v) is 5.62. The fourth-order valence-corrected chi connectivity index (χ4v) is 1.72. The number of imidazole rings is 1. The molecular formula is C10H7BrF4N2O. The average molecular weight is 327 g/mol. The van der Waals surface area contributed by atoms with E-state index >= 15 is 0 Å². The third-order valence-corrected chi connectivity index (χ3v) is 2.69. The average Bonchev–Trinajstić information content (AvgIpc) is 2.58. The van der Waals surface area contributed by atoms with Gasteiger partial charge in [-0.2, -0.15) is 13.2 Å². The Morgan fingerprint density at radius 3 is 2.72 bits per heavy atom. The van der Waals surface area contributed by atoms with E-state index in [1.165, 1.54) is 12.1 Å². The molecule has 0 radical (unpaired) electrons. The summed E-state index contributed by atoms with van der Waals surface area (Å²) in [5.41, 5.74) is 0.857. The van der Waals surface area contributed by atoms with Gasteiger partial charge in [0.1, 0.15) is 24.9 Å². The molecule has 2 rings (SSSR count). The minimum absolute atomic E-state index is 0.215. The van der Waals surface area contributed by atoms with Gasteiger partial charge in [-0.25, -0.2) is 9.37 Å². The van der Waals surface area contributed by atoms with Crippen molar-refractivity contribution in [1.82, 2.24) is 9.97 Å². The molecule has 3 nitrogen and oxygen atoms in total. The minimum Gasteiger partial charge on any atom is -0.364 e. The van der Waals surface area contributed by atoms with Gasteiger partial charge in [-0.3, -0.25) is 0 Å². The van der Waals surface area contributed by atoms with Crippen LogP contribution in [-0.2, 0) is 11.3 Å². The first-order valence-electron chi connectivity index (χ1n) is 4.83. The topological polar surface area (TPSA) is 37.9 Å². The van der Waals surface area contributed by atoms with Crippen LogP contribution in [0.1, 0.15) is 5.82 Å². The Labute approximate surface area is 107 Å². The summed E-state index contributed by atoms with van der Waals surface area (Å²) in [6.45, 7) is -1.66. The van der Waals surface area contributed by atoms with Crippen LogP contribution in [0.25, 0.3) is 11.0 Å². The molecule has 0 fully saturated rings. The number of hydrogen-bond acceptors (Lipinski definition) is 2. The van der Waals surface area contributed by atoms with Crippen molar-refractivity contribution in [3.63, 3.8) is 0 Å². The highest BCUT2D eigenvalue weighted by Crippen LogP contribution is 2.22. The van der Waals surface area contributed by atoms with E-state index in [-0.39, 0.29) is 16.9 Å². The largest absolute Gasteiger partial charge is 0.411 e. The Kier molecular flexibility index (Phi) is 3.58. The van der Waals surface area contributed by atoms with Gasteiger partial charge >= 0.3 is 6.18 Å². The van der Waals surface area contributed by atoms with E-state index in [0.29, 0.717) is 11.0 Å². The van der Waals surface area contributed by atoms with Crippen molar-refractivity contribution < 1.29 is 22.3 Å². The molecule has 0 saturated heterocycles. The summed E-state index contributed by atoms with van der Waals surface area (Å²) < 4.78 is 53.5. The lowest BCUT2D eigenvalue weighted by atomic mass is 10.3. The lowest BCUT2D eigenvalue weighted by molar-refractivity contribution is -0.177. The number of alkyl halides is 3. The zero-order valence-corrected chi connectivity index (χ0v) is 10.4. The van der Waals surface area contributed by atoms with E-state index in [1.54, 1.807) is 0 Å². The van der Waals surface area contributed by atoms with Crippen LogP contribution in [0.4, 0.5) is 17.6 Å². The Morgan fingerprint density at radius 1 is 1.33 bits per heavy atom. The standard InChI is InChI=1S/C10H7BrF4N2O/c11-5-1-7-8(2-6(5)12)17-9(16-7)3-18-4-10(13,14)15/h1-2H,3-4H2,(H,16,17). The van der Waals surface area contributed by atoms with Crippen molar-refractivity contribution in [1.29, 1.82) is 0 Å². The Balaban J connectivity index is 2.11. The van der Waals surface area contributed by atoms with Crippen molar-refractivity contribution in [2.45, 2.75) is 12.8 Å². The molecule has 1 N–H and O–H groups in total. The highest BCUT2D eigenvalue weighted by molar-refractivity contribution is 9.10. The van der Waals surface area contributed by atoms with Gasteiger partial charge < -0.3 is 9.72 Å². The molecular weight excluding hydrogens is 320 g/mol. The van der Waals surface area contributed by atoms with Gasteiger partial charge in [0.05, 0.1) is 15.5 Å². The molecule has 0 aliphatic rings. The molecule has 0 saturated carbocycles. The first kappa shape index (κ1) is 13.3. The van der Waals surface area contributed by atoms with Crippen molar-refractivity contribution in [3.05, 3.63) is 28.2 Å². The summed E-state index contributed by atoms with van der Waals surface area (Å²) in [6.07, 6.45) is -4.37. The molecule has 0 spiro atoms. The number of benzene rings is 1. The molecule has 0 aliphatic carbocycles. The summed E-state index contributed by atoms with van der Waals surface area (Å²) in [7, 11) is 0. The molecule has 8 heteroatoms. The van der Waals surface area contributed by atoms with Crippen LogP contribution >= 0.6 is 15.9 Å². The number of rotatable bonds is 3. The molecule has 0 aliphatic heterocycles. The first-order chi connectivity index (χ1) is 8.35. The van der Waals surface area contributed by atoms with Crippen molar-refractivity contribution in [2.24, 2.45) is 0 Å². The number of halogens is 5. The fourth-order valence-electron chi connectivity index (χ4n) is 1.39. The van der Waals surface area contributed by atoms with Gasteiger partial charge in [0.2, 0.25) is 0 Å². The number of hydrogen-bond donors (Lipinski definition) is 1. The lowest BCUT2D eigenvalue weighted by Gasteiger charge is -2.05. The zero-order valence-electron chi connectivity index (χ0n) is 8.81. The monoisotopic (exact) mass is 326 g/mol. The maximum absolute atomic E-state index is 13.2. The Bertz CT molecular complexity index is 528. The van der Waals surface area contributed by atoms with Crippen LogP contribution in [0.2, 0.25) is 0 Å². The minimum atomic E-state index is -4.37. The molecule has 1 aromatic carbocycles. The summed E-state index contributed by atoms with van der Waals surface area (Å²) >= 11 is 3.00. The molecule has 0 unspecified atom stereocenters. The van der Waals surface area contributed by atoms with Crippen molar-refractivity contribution >= 4 is 27.0 Å². The summed E-state index contributed by atoms with van der Waals surface area (Å²) in [4.78, 5) is 6.68.